The van der Waals surface area contributed by atoms with Gasteiger partial charge in [-0.05, 0) is 43.5 Å². The average Bonchev–Trinajstić information content (AvgIpc) is 2.16. The van der Waals surface area contributed by atoms with Crippen LogP contribution < -0.4 is 0 Å². The van der Waals surface area contributed by atoms with Crippen molar-refractivity contribution in [2.24, 2.45) is 0 Å². The molecule has 0 unspecified atom stereocenters. The van der Waals surface area contributed by atoms with Gasteiger partial charge in [0.1, 0.15) is 5.82 Å². The van der Waals surface area contributed by atoms with Crippen molar-refractivity contribution in [1.29, 1.82) is 0 Å². The number of fused-ring (bicyclic) bond motifs is 1. The van der Waals surface area contributed by atoms with Crippen molar-refractivity contribution in [2.75, 3.05) is 6.54 Å². The highest BCUT2D eigenvalue weighted by molar-refractivity contribution is 5.29. The molecule has 0 aromatic heterocycles. The van der Waals surface area contributed by atoms with Crippen LogP contribution in [0.25, 0.3) is 0 Å². The predicted octanol–water partition coefficient (Wildman–Crippen LogP) is 2.59. The van der Waals surface area contributed by atoms with Gasteiger partial charge >= 0.3 is 0 Å². The Kier molecular flexibility index (Phi) is 2.55. The summed E-state index contributed by atoms with van der Waals surface area (Å²) in [5.41, 5.74) is 2.47. The van der Waals surface area contributed by atoms with Gasteiger partial charge in [-0.1, -0.05) is 6.07 Å². The van der Waals surface area contributed by atoms with E-state index in [2.05, 4.69) is 18.7 Å². The van der Waals surface area contributed by atoms with Crippen LogP contribution in [0.1, 0.15) is 25.0 Å². The molecule has 0 atom stereocenters. The summed E-state index contributed by atoms with van der Waals surface area (Å²) >= 11 is 0. The monoisotopic (exact) mass is 193 g/mol. The van der Waals surface area contributed by atoms with Crippen LogP contribution in [0.5, 0.6) is 0 Å². The van der Waals surface area contributed by atoms with Gasteiger partial charge in [-0.25, -0.2) is 4.39 Å². The van der Waals surface area contributed by atoms with Crippen LogP contribution >= 0.6 is 0 Å². The normalized spacial score (nSPS) is 17.1. The molecule has 0 aliphatic carbocycles. The number of hydrogen-bond donors (Lipinski definition) is 0. The largest absolute Gasteiger partial charge is 0.296 e. The van der Waals surface area contributed by atoms with Crippen LogP contribution in [-0.2, 0) is 13.0 Å². The summed E-state index contributed by atoms with van der Waals surface area (Å²) in [7, 11) is 0. The van der Waals surface area contributed by atoms with E-state index in [1.54, 1.807) is 12.1 Å². The summed E-state index contributed by atoms with van der Waals surface area (Å²) in [6, 6.07) is 5.72. The number of halogens is 1. The molecular formula is C12H16FN. The highest BCUT2D eigenvalue weighted by Gasteiger charge is 2.18. The second-order valence-electron chi connectivity index (χ2n) is 4.23. The second kappa shape index (κ2) is 3.70. The highest BCUT2D eigenvalue weighted by Crippen LogP contribution is 2.21. The zero-order valence-electron chi connectivity index (χ0n) is 8.76. The van der Waals surface area contributed by atoms with E-state index in [1.807, 2.05) is 6.07 Å². The first-order valence-corrected chi connectivity index (χ1v) is 5.18. The highest BCUT2D eigenvalue weighted by atomic mass is 19.1. The Hall–Kier alpha value is -0.890. The van der Waals surface area contributed by atoms with E-state index >= 15 is 0 Å². The molecule has 2 rings (SSSR count). The maximum Gasteiger partial charge on any atom is 0.123 e. The molecule has 0 radical (unpaired) electrons. The zero-order valence-corrected chi connectivity index (χ0v) is 8.76. The fraction of sp³-hybridized carbons (Fsp3) is 0.500. The Morgan fingerprint density at radius 3 is 2.79 bits per heavy atom. The van der Waals surface area contributed by atoms with E-state index in [1.165, 1.54) is 11.1 Å². The Bertz CT molecular complexity index is 333. The van der Waals surface area contributed by atoms with Crippen LogP contribution in [0.3, 0.4) is 0 Å². The molecule has 1 aromatic rings. The molecule has 1 heterocycles. The molecule has 1 aromatic carbocycles. The summed E-state index contributed by atoms with van der Waals surface area (Å²) in [6.45, 7) is 6.42. The van der Waals surface area contributed by atoms with E-state index in [9.17, 15) is 4.39 Å². The van der Waals surface area contributed by atoms with Crippen molar-refractivity contribution in [2.45, 2.75) is 32.9 Å². The standard InChI is InChI=1S/C12H16FN/c1-9(2)14-6-5-10-7-12(13)4-3-11(10)8-14/h3-4,7,9H,5-6,8H2,1-2H3. The molecule has 0 bridgehead atoms. The first-order valence-electron chi connectivity index (χ1n) is 5.18. The van der Waals surface area contributed by atoms with Gasteiger partial charge in [-0.2, -0.15) is 0 Å². The van der Waals surface area contributed by atoms with Crippen LogP contribution in [0.4, 0.5) is 4.39 Å². The third-order valence-electron chi connectivity index (χ3n) is 2.94. The minimum absolute atomic E-state index is 0.109. The summed E-state index contributed by atoms with van der Waals surface area (Å²) in [5.74, 6) is -0.109. The van der Waals surface area contributed by atoms with Gasteiger partial charge in [0.25, 0.3) is 0 Å². The van der Waals surface area contributed by atoms with E-state index in [4.69, 9.17) is 0 Å². The maximum atomic E-state index is 12.9. The second-order valence-corrected chi connectivity index (χ2v) is 4.23. The fourth-order valence-electron chi connectivity index (χ4n) is 1.98. The molecule has 2 heteroatoms. The van der Waals surface area contributed by atoms with Crippen molar-refractivity contribution in [3.05, 3.63) is 35.1 Å². The molecule has 14 heavy (non-hydrogen) atoms. The molecule has 0 saturated heterocycles. The Morgan fingerprint density at radius 2 is 2.07 bits per heavy atom. The quantitative estimate of drug-likeness (QED) is 0.662. The maximum absolute atomic E-state index is 12.9. The van der Waals surface area contributed by atoms with Gasteiger partial charge < -0.3 is 0 Å². The number of benzene rings is 1. The van der Waals surface area contributed by atoms with Gasteiger partial charge in [0, 0.05) is 19.1 Å². The van der Waals surface area contributed by atoms with Gasteiger partial charge in [0.2, 0.25) is 0 Å². The van der Waals surface area contributed by atoms with Crippen LogP contribution in [-0.4, -0.2) is 17.5 Å². The number of rotatable bonds is 1. The van der Waals surface area contributed by atoms with Crippen molar-refractivity contribution in [3.8, 4) is 0 Å². The molecule has 1 aliphatic rings. The van der Waals surface area contributed by atoms with E-state index in [-0.39, 0.29) is 5.82 Å². The van der Waals surface area contributed by atoms with Crippen molar-refractivity contribution < 1.29 is 4.39 Å². The van der Waals surface area contributed by atoms with Gasteiger partial charge in [-0.3, -0.25) is 4.90 Å². The molecule has 0 saturated carbocycles. The molecule has 0 spiro atoms. The summed E-state index contributed by atoms with van der Waals surface area (Å²) in [6.07, 6.45) is 0.977. The zero-order chi connectivity index (χ0) is 10.1. The smallest absolute Gasteiger partial charge is 0.123 e. The molecule has 0 N–H and O–H groups in total. The van der Waals surface area contributed by atoms with Crippen LogP contribution in [0, 0.1) is 5.82 Å². The van der Waals surface area contributed by atoms with Gasteiger partial charge in [-0.15, -0.1) is 0 Å². The average molecular weight is 193 g/mol. The van der Waals surface area contributed by atoms with Crippen LogP contribution in [0.2, 0.25) is 0 Å². The summed E-state index contributed by atoms with van der Waals surface area (Å²) in [5, 5.41) is 0. The van der Waals surface area contributed by atoms with E-state index in [0.29, 0.717) is 6.04 Å². The van der Waals surface area contributed by atoms with Gasteiger partial charge in [0.05, 0.1) is 0 Å². The Labute approximate surface area is 84.5 Å². The molecule has 0 amide bonds. The first-order chi connectivity index (χ1) is 6.66. The molecule has 76 valence electrons. The lowest BCUT2D eigenvalue weighted by molar-refractivity contribution is 0.203. The lowest BCUT2D eigenvalue weighted by Gasteiger charge is -2.31. The lowest BCUT2D eigenvalue weighted by Crippen LogP contribution is -2.35. The predicted molar refractivity (Wildman–Crippen MR) is 55.7 cm³/mol. The van der Waals surface area contributed by atoms with Crippen LogP contribution in [0.15, 0.2) is 18.2 Å². The molecule has 1 aliphatic heterocycles. The van der Waals surface area contributed by atoms with Crippen molar-refractivity contribution in [1.82, 2.24) is 4.90 Å². The SMILES string of the molecule is CC(C)N1CCc2cc(F)ccc2C1. The minimum Gasteiger partial charge on any atom is -0.296 e. The number of nitrogens with zero attached hydrogens (tertiary/aromatic N) is 1. The van der Waals surface area contributed by atoms with Gasteiger partial charge in [0.15, 0.2) is 0 Å². The van der Waals surface area contributed by atoms with Crippen molar-refractivity contribution >= 4 is 0 Å². The first kappa shape index (κ1) is 9.66. The van der Waals surface area contributed by atoms with Crippen molar-refractivity contribution in [3.63, 3.8) is 0 Å². The lowest BCUT2D eigenvalue weighted by atomic mass is 9.99. The third kappa shape index (κ3) is 1.80. The topological polar surface area (TPSA) is 3.24 Å². The minimum atomic E-state index is -0.109. The summed E-state index contributed by atoms with van der Waals surface area (Å²) < 4.78 is 12.9. The molecule has 0 fully saturated rings. The molecule has 1 nitrogen and oxygen atoms in total. The van der Waals surface area contributed by atoms with E-state index < -0.39 is 0 Å². The summed E-state index contributed by atoms with van der Waals surface area (Å²) in [4.78, 5) is 2.42. The molecular weight excluding hydrogens is 177 g/mol. The fourth-order valence-corrected chi connectivity index (χ4v) is 1.98. The van der Waals surface area contributed by atoms with E-state index in [0.717, 1.165) is 19.5 Å². The number of hydrogen-bond acceptors (Lipinski definition) is 1. The third-order valence-corrected chi connectivity index (χ3v) is 2.94. The Morgan fingerprint density at radius 1 is 1.29 bits per heavy atom. The Balaban J connectivity index is 2.23.